The van der Waals surface area contributed by atoms with Crippen molar-refractivity contribution in [3.8, 4) is 0 Å². The van der Waals surface area contributed by atoms with Crippen molar-refractivity contribution in [2.24, 2.45) is 0 Å². The zero-order valence-corrected chi connectivity index (χ0v) is 9.85. The molecular weight excluding hydrogens is 260 g/mol. The summed E-state index contributed by atoms with van der Waals surface area (Å²) in [6.45, 7) is 3.70. The first kappa shape index (κ1) is 13.6. The summed E-state index contributed by atoms with van der Waals surface area (Å²) in [5.41, 5.74) is 2.10. The average molecular weight is 271 g/mol. The topological polar surface area (TPSA) is 109 Å². The quantitative estimate of drug-likeness (QED) is 0.474. The minimum Gasteiger partial charge on any atom is -0.377 e. The molecule has 1 saturated heterocycles. The van der Waals surface area contributed by atoms with E-state index in [0.29, 0.717) is 0 Å². The van der Waals surface area contributed by atoms with Gasteiger partial charge >= 0.3 is 0 Å². The van der Waals surface area contributed by atoms with E-state index in [2.05, 4.69) is 26.8 Å². The Bertz CT molecular complexity index is 279. The number of rotatable bonds is 1. The largest absolute Gasteiger partial charge is 0.377 e. The van der Waals surface area contributed by atoms with Crippen LogP contribution in [0.2, 0.25) is 0 Å². The van der Waals surface area contributed by atoms with Crippen molar-refractivity contribution in [1.29, 1.82) is 0 Å². The molecule has 1 aromatic heterocycles. The molecule has 0 amide bonds. The fourth-order valence-electron chi connectivity index (χ4n) is 1.18. The van der Waals surface area contributed by atoms with Crippen LogP contribution in [-0.4, -0.2) is 26.3 Å². The third-order valence-electron chi connectivity index (χ3n) is 1.78. The van der Waals surface area contributed by atoms with E-state index in [1.807, 2.05) is 0 Å². The Hall–Kier alpha value is -0.480. The van der Waals surface area contributed by atoms with Crippen molar-refractivity contribution in [3.63, 3.8) is 0 Å². The van der Waals surface area contributed by atoms with Crippen molar-refractivity contribution in [1.82, 2.24) is 0 Å². The van der Waals surface area contributed by atoms with E-state index in [4.69, 9.17) is 23.4 Å². The molecule has 1 aliphatic heterocycles. The molecule has 0 bridgehead atoms. The number of aromatic nitrogens is 1. The van der Waals surface area contributed by atoms with Crippen LogP contribution in [-0.2, 0) is 4.74 Å². The predicted molar refractivity (Wildman–Crippen MR) is 43.3 cm³/mol. The maximum atomic E-state index is 8.49. The standard InChI is InChI=1S/C7H11N2OS.ClHO4/c1-4-10-5-2-8(1)9-3-6-11-7-9;2-1(3,4)5/h3,6-7H,1-2,4-5H2;(H,2,3,4,5)/q+1;/p-1. The second-order valence-corrected chi connectivity index (χ2v) is 4.36. The first-order chi connectivity index (χ1) is 7.47. The van der Waals surface area contributed by atoms with Gasteiger partial charge in [-0.25, -0.2) is 18.6 Å². The van der Waals surface area contributed by atoms with Crippen LogP contribution in [0, 0.1) is 10.2 Å². The highest BCUT2D eigenvalue weighted by atomic mass is 35.7. The molecule has 0 spiro atoms. The maximum absolute atomic E-state index is 8.49. The Balaban J connectivity index is 0.000000221. The summed E-state index contributed by atoms with van der Waals surface area (Å²) in [5, 5.41) is 4.36. The molecule has 16 heavy (non-hydrogen) atoms. The van der Waals surface area contributed by atoms with E-state index >= 15 is 0 Å². The van der Waals surface area contributed by atoms with Gasteiger partial charge in [-0.1, -0.05) is 16.0 Å². The van der Waals surface area contributed by atoms with Gasteiger partial charge < -0.3 is 4.74 Å². The van der Waals surface area contributed by atoms with E-state index in [1.54, 1.807) is 11.3 Å². The highest BCUT2D eigenvalue weighted by molar-refractivity contribution is 7.07. The van der Waals surface area contributed by atoms with E-state index in [0.717, 1.165) is 26.3 Å². The number of morpholine rings is 1. The Morgan fingerprint density at radius 2 is 1.75 bits per heavy atom. The van der Waals surface area contributed by atoms with Crippen LogP contribution in [0.3, 0.4) is 0 Å². The van der Waals surface area contributed by atoms with Crippen LogP contribution in [0.1, 0.15) is 0 Å². The molecule has 92 valence electrons. The van der Waals surface area contributed by atoms with Crippen molar-refractivity contribution in [3.05, 3.63) is 17.1 Å². The molecule has 0 N–H and O–H groups in total. The molecule has 0 unspecified atom stereocenters. The smallest absolute Gasteiger partial charge is 0.254 e. The van der Waals surface area contributed by atoms with Crippen LogP contribution >= 0.6 is 11.3 Å². The van der Waals surface area contributed by atoms with E-state index in [1.165, 1.54) is 0 Å². The first-order valence-corrected chi connectivity index (χ1v) is 6.53. The fourth-order valence-corrected chi connectivity index (χ4v) is 1.77. The SMILES string of the molecule is [O-][Cl+3]([O-])([O-])[O-].c1c[n+](N2CCOCC2)cs1. The van der Waals surface area contributed by atoms with Crippen LogP contribution in [0.5, 0.6) is 0 Å². The van der Waals surface area contributed by atoms with Gasteiger partial charge in [0.1, 0.15) is 0 Å². The summed E-state index contributed by atoms with van der Waals surface area (Å²) in [7, 11) is -4.94. The third-order valence-corrected chi connectivity index (χ3v) is 2.39. The zero-order valence-electron chi connectivity index (χ0n) is 8.28. The number of nitrogens with zero attached hydrogens (tertiary/aromatic N) is 2. The van der Waals surface area contributed by atoms with Gasteiger partial charge in [0.2, 0.25) is 6.20 Å². The Morgan fingerprint density at radius 3 is 2.19 bits per heavy atom. The zero-order chi connectivity index (χ0) is 12.0. The lowest BCUT2D eigenvalue weighted by Crippen LogP contribution is -2.68. The molecule has 0 atom stereocenters. The summed E-state index contributed by atoms with van der Waals surface area (Å²) < 4.78 is 41.4. The summed E-state index contributed by atoms with van der Waals surface area (Å²) in [4.78, 5) is 0. The maximum Gasteiger partial charge on any atom is 0.254 e. The van der Waals surface area contributed by atoms with E-state index in [-0.39, 0.29) is 0 Å². The molecule has 2 rings (SSSR count). The molecule has 0 aliphatic carbocycles. The fraction of sp³-hybridized carbons (Fsp3) is 0.571. The summed E-state index contributed by atoms with van der Waals surface area (Å²) >= 11 is 1.71. The van der Waals surface area contributed by atoms with Gasteiger partial charge in [0.15, 0.2) is 0 Å². The van der Waals surface area contributed by atoms with Gasteiger partial charge in [-0.3, -0.25) is 0 Å². The van der Waals surface area contributed by atoms with Crippen molar-refractivity contribution in [2.75, 3.05) is 31.3 Å². The average Bonchev–Trinajstić information content (AvgIpc) is 2.69. The lowest BCUT2D eigenvalue weighted by molar-refractivity contribution is -2.00. The van der Waals surface area contributed by atoms with Gasteiger partial charge in [-0.2, -0.15) is 5.01 Å². The predicted octanol–water partition coefficient (Wildman–Crippen LogP) is -4.75. The minimum atomic E-state index is -4.94. The monoisotopic (exact) mass is 270 g/mol. The molecular formula is C7H11ClN2O5S. The second kappa shape index (κ2) is 6.30. The molecule has 0 saturated carbocycles. The first-order valence-electron chi connectivity index (χ1n) is 4.35. The van der Waals surface area contributed by atoms with E-state index < -0.39 is 10.2 Å². The normalized spacial score (nSPS) is 16.6. The highest BCUT2D eigenvalue weighted by Crippen LogP contribution is 1.93. The van der Waals surface area contributed by atoms with E-state index in [9.17, 15) is 0 Å². The molecule has 0 radical (unpaired) electrons. The second-order valence-electron chi connectivity index (χ2n) is 2.85. The van der Waals surface area contributed by atoms with Gasteiger partial charge in [-0.15, -0.1) is 10.2 Å². The van der Waals surface area contributed by atoms with Crippen molar-refractivity contribution < 1.29 is 38.3 Å². The minimum absolute atomic E-state index is 0.850. The highest BCUT2D eigenvalue weighted by Gasteiger charge is 2.16. The number of hydrogen-bond donors (Lipinski definition) is 0. The van der Waals surface area contributed by atoms with Crippen molar-refractivity contribution >= 4 is 11.3 Å². The van der Waals surface area contributed by atoms with Crippen LogP contribution in [0.25, 0.3) is 0 Å². The van der Waals surface area contributed by atoms with Crippen LogP contribution in [0.15, 0.2) is 17.1 Å². The molecule has 1 aliphatic rings. The lowest BCUT2D eigenvalue weighted by Gasteiger charge is -2.20. The molecule has 2 heterocycles. The number of halogens is 1. The van der Waals surface area contributed by atoms with Crippen LogP contribution in [0.4, 0.5) is 0 Å². The molecule has 9 heteroatoms. The summed E-state index contributed by atoms with van der Waals surface area (Å²) in [6, 6.07) is 0. The molecule has 1 fully saturated rings. The molecule has 1 aromatic rings. The van der Waals surface area contributed by atoms with Gasteiger partial charge in [0, 0.05) is 0 Å². The summed E-state index contributed by atoms with van der Waals surface area (Å²) in [5.74, 6) is 0. The Morgan fingerprint density at radius 1 is 1.19 bits per heavy atom. The Labute approximate surface area is 98.4 Å². The Kier molecular flexibility index (Phi) is 5.35. The number of hydrogen-bond acceptors (Lipinski definition) is 7. The molecule has 7 nitrogen and oxygen atoms in total. The van der Waals surface area contributed by atoms with Gasteiger partial charge in [-0.05, 0) is 0 Å². The van der Waals surface area contributed by atoms with Gasteiger partial charge in [0.25, 0.3) is 5.51 Å². The summed E-state index contributed by atoms with van der Waals surface area (Å²) in [6.07, 6.45) is 2.08. The number of thiazole rings is 1. The molecule has 0 aromatic carbocycles. The lowest BCUT2D eigenvalue weighted by atomic mass is 10.5. The van der Waals surface area contributed by atoms with Crippen molar-refractivity contribution in [2.45, 2.75) is 0 Å². The van der Waals surface area contributed by atoms with Gasteiger partial charge in [0.05, 0.1) is 31.7 Å². The third kappa shape index (κ3) is 6.18. The number of ether oxygens (including phenoxy) is 1. The van der Waals surface area contributed by atoms with Crippen LogP contribution < -0.4 is 28.3 Å².